The van der Waals surface area contributed by atoms with Gasteiger partial charge in [-0.05, 0) is 35.8 Å². The van der Waals surface area contributed by atoms with Crippen LogP contribution in [0, 0.1) is 23.7 Å². The lowest BCUT2D eigenvalue weighted by Gasteiger charge is -2.36. The second kappa shape index (κ2) is 15.7. The summed E-state index contributed by atoms with van der Waals surface area (Å²) in [5.74, 6) is 13.3. The van der Waals surface area contributed by atoms with E-state index in [0.717, 1.165) is 51.9 Å². The number of hydrogen-bond acceptors (Lipinski definition) is 6. The molecule has 0 aliphatic carbocycles. The third-order valence-corrected chi connectivity index (χ3v) is 7.17. The van der Waals surface area contributed by atoms with Gasteiger partial charge in [0, 0.05) is 53.2 Å². The maximum atomic E-state index is 5.89. The summed E-state index contributed by atoms with van der Waals surface area (Å²) >= 11 is 0. The number of nitrogens with zero attached hydrogens (tertiary/aromatic N) is 2. The molecule has 0 N–H and O–H groups in total. The zero-order valence-electron chi connectivity index (χ0n) is 22.7. The van der Waals surface area contributed by atoms with Crippen LogP contribution >= 0.6 is 0 Å². The molecule has 4 rings (SSSR count). The molecule has 0 aromatic heterocycles. The van der Waals surface area contributed by atoms with Crippen LogP contribution < -0.4 is 0 Å². The lowest BCUT2D eigenvalue weighted by molar-refractivity contribution is -0.0941. The predicted molar refractivity (Wildman–Crippen MR) is 149 cm³/mol. The molecule has 0 amide bonds. The molecule has 2 saturated heterocycles. The number of piperidine rings is 2. The average molecular weight is 517 g/mol. The quantitative estimate of drug-likeness (QED) is 0.347. The van der Waals surface area contributed by atoms with Crippen LogP contribution in [0.5, 0.6) is 0 Å². The molecule has 202 valence electrons. The molecule has 38 heavy (non-hydrogen) atoms. The van der Waals surface area contributed by atoms with Crippen LogP contribution in [0.2, 0.25) is 0 Å². The van der Waals surface area contributed by atoms with Crippen molar-refractivity contribution in [3.63, 3.8) is 0 Å². The van der Waals surface area contributed by atoms with Gasteiger partial charge in [0.15, 0.2) is 0 Å². The molecule has 4 unspecified atom stereocenters. The fourth-order valence-corrected chi connectivity index (χ4v) is 5.15. The Morgan fingerprint density at radius 2 is 1.08 bits per heavy atom. The molecule has 0 spiro atoms. The van der Waals surface area contributed by atoms with Gasteiger partial charge in [-0.15, -0.1) is 0 Å². The van der Waals surface area contributed by atoms with Gasteiger partial charge in [-0.3, -0.25) is 9.80 Å². The third-order valence-electron chi connectivity index (χ3n) is 7.17. The van der Waals surface area contributed by atoms with E-state index in [4.69, 9.17) is 18.9 Å². The van der Waals surface area contributed by atoms with E-state index in [2.05, 4.69) is 94.1 Å². The lowest BCUT2D eigenvalue weighted by atomic mass is 9.98. The molecule has 2 aromatic carbocycles. The van der Waals surface area contributed by atoms with Crippen molar-refractivity contribution in [1.29, 1.82) is 0 Å². The van der Waals surface area contributed by atoms with E-state index < -0.39 is 0 Å². The first kappa shape index (κ1) is 28.3. The smallest absolute Gasteiger partial charge is 0.146 e. The Hall–Kier alpha value is -2.68. The molecule has 2 aromatic rings. The summed E-state index contributed by atoms with van der Waals surface area (Å²) < 4.78 is 22.1. The highest BCUT2D eigenvalue weighted by atomic mass is 16.7. The van der Waals surface area contributed by atoms with Gasteiger partial charge in [0.25, 0.3) is 0 Å². The minimum Gasteiger partial charge on any atom is -0.359 e. The summed E-state index contributed by atoms with van der Waals surface area (Å²) in [6, 6.07) is 21.3. The standard InChI is InChI=1S/C32H40N2O4/c1-35-25-37-31-17-19-33(23-27-11-5-3-6-12-27)29(21-31)15-9-10-16-30-22-32(38-26-36-2)18-20-34(30)24-28-13-7-4-8-14-28/h3-8,11-14,29-32H,17-26H2,1-2H3. The number of hydrogen-bond donors (Lipinski definition) is 0. The fraction of sp³-hybridized carbons (Fsp3) is 0.500. The van der Waals surface area contributed by atoms with Gasteiger partial charge in [0.1, 0.15) is 13.6 Å². The summed E-state index contributed by atoms with van der Waals surface area (Å²) in [4.78, 5) is 4.88. The van der Waals surface area contributed by atoms with Gasteiger partial charge < -0.3 is 18.9 Å². The number of benzene rings is 2. The summed E-state index contributed by atoms with van der Waals surface area (Å²) in [5, 5.41) is 0. The van der Waals surface area contributed by atoms with Crippen molar-refractivity contribution >= 4 is 0 Å². The van der Waals surface area contributed by atoms with Crippen molar-refractivity contribution in [1.82, 2.24) is 9.80 Å². The van der Waals surface area contributed by atoms with Gasteiger partial charge in [-0.2, -0.15) is 0 Å². The first-order chi connectivity index (χ1) is 18.7. The van der Waals surface area contributed by atoms with E-state index in [-0.39, 0.29) is 24.3 Å². The van der Waals surface area contributed by atoms with Gasteiger partial charge in [-0.1, -0.05) is 72.5 Å². The summed E-state index contributed by atoms with van der Waals surface area (Å²) in [7, 11) is 3.32. The molecule has 6 heteroatoms. The van der Waals surface area contributed by atoms with E-state index in [0.29, 0.717) is 13.6 Å². The van der Waals surface area contributed by atoms with Gasteiger partial charge in [0.05, 0.1) is 24.3 Å². The number of rotatable bonds is 10. The highest BCUT2D eigenvalue weighted by Crippen LogP contribution is 2.23. The Morgan fingerprint density at radius 3 is 1.47 bits per heavy atom. The van der Waals surface area contributed by atoms with Gasteiger partial charge in [-0.25, -0.2) is 0 Å². The fourth-order valence-electron chi connectivity index (χ4n) is 5.15. The SMILES string of the molecule is COCOC1CCN(Cc2ccccc2)C(C#CC#CC2CC(OCOC)CCN2Cc2ccccc2)C1. The molecule has 0 saturated carbocycles. The molecular formula is C32H40N2O4. The largest absolute Gasteiger partial charge is 0.359 e. The Balaban J connectivity index is 1.46. The van der Waals surface area contributed by atoms with E-state index in [1.54, 1.807) is 14.2 Å². The molecule has 0 bridgehead atoms. The predicted octanol–water partition coefficient (Wildman–Crippen LogP) is 4.30. The van der Waals surface area contributed by atoms with Crippen molar-refractivity contribution in [2.45, 2.75) is 63.1 Å². The summed E-state index contributed by atoms with van der Waals surface area (Å²) in [6.07, 6.45) is 3.93. The Labute approximate surface area is 228 Å². The second-order valence-electron chi connectivity index (χ2n) is 9.92. The van der Waals surface area contributed by atoms with Crippen LogP contribution in [-0.4, -0.2) is 75.0 Å². The topological polar surface area (TPSA) is 43.4 Å². The van der Waals surface area contributed by atoms with Crippen LogP contribution in [0.15, 0.2) is 60.7 Å². The highest BCUT2D eigenvalue weighted by molar-refractivity contribution is 5.31. The van der Waals surface area contributed by atoms with Crippen LogP contribution in [-0.2, 0) is 32.0 Å². The maximum Gasteiger partial charge on any atom is 0.146 e. The molecule has 2 aliphatic heterocycles. The Kier molecular flexibility index (Phi) is 11.7. The van der Waals surface area contributed by atoms with Crippen LogP contribution in [0.4, 0.5) is 0 Å². The minimum atomic E-state index is 0.0877. The molecule has 4 atom stereocenters. The van der Waals surface area contributed by atoms with Crippen LogP contribution in [0.3, 0.4) is 0 Å². The second-order valence-corrected chi connectivity index (χ2v) is 9.92. The van der Waals surface area contributed by atoms with E-state index in [1.807, 2.05) is 0 Å². The Morgan fingerprint density at radius 1 is 0.658 bits per heavy atom. The van der Waals surface area contributed by atoms with Crippen LogP contribution in [0.25, 0.3) is 0 Å². The lowest BCUT2D eigenvalue weighted by Crippen LogP contribution is -2.44. The zero-order chi connectivity index (χ0) is 26.4. The highest BCUT2D eigenvalue weighted by Gasteiger charge is 2.29. The molecule has 2 heterocycles. The van der Waals surface area contributed by atoms with Gasteiger partial charge >= 0.3 is 0 Å². The monoisotopic (exact) mass is 516 g/mol. The summed E-state index contributed by atoms with van der Waals surface area (Å²) in [5.41, 5.74) is 2.59. The number of methoxy groups -OCH3 is 2. The van der Waals surface area contributed by atoms with Crippen LogP contribution in [0.1, 0.15) is 36.8 Å². The first-order valence-corrected chi connectivity index (χ1v) is 13.5. The first-order valence-electron chi connectivity index (χ1n) is 13.5. The number of likely N-dealkylation sites (tertiary alicyclic amines) is 2. The third kappa shape index (κ3) is 8.96. The van der Waals surface area contributed by atoms with Crippen molar-refractivity contribution in [2.75, 3.05) is 40.9 Å². The minimum absolute atomic E-state index is 0.0877. The number of ether oxygens (including phenoxy) is 4. The molecule has 2 aliphatic rings. The molecule has 6 nitrogen and oxygen atoms in total. The van der Waals surface area contributed by atoms with Gasteiger partial charge in [0.2, 0.25) is 0 Å². The zero-order valence-corrected chi connectivity index (χ0v) is 22.7. The maximum absolute atomic E-state index is 5.89. The molecular weight excluding hydrogens is 476 g/mol. The Bertz CT molecular complexity index is 985. The van der Waals surface area contributed by atoms with Crippen molar-refractivity contribution < 1.29 is 18.9 Å². The van der Waals surface area contributed by atoms with E-state index in [1.165, 1.54) is 11.1 Å². The normalized spacial score (nSPS) is 24.2. The van der Waals surface area contributed by atoms with E-state index >= 15 is 0 Å². The molecule has 2 fully saturated rings. The van der Waals surface area contributed by atoms with Crippen molar-refractivity contribution in [2.24, 2.45) is 0 Å². The average Bonchev–Trinajstić information content (AvgIpc) is 2.96. The molecule has 0 radical (unpaired) electrons. The van der Waals surface area contributed by atoms with Crippen molar-refractivity contribution in [3.05, 3.63) is 71.8 Å². The van der Waals surface area contributed by atoms with Crippen molar-refractivity contribution in [3.8, 4) is 23.7 Å². The summed E-state index contributed by atoms with van der Waals surface area (Å²) in [6.45, 7) is 4.24. The van der Waals surface area contributed by atoms with E-state index in [9.17, 15) is 0 Å².